The lowest BCUT2D eigenvalue weighted by atomic mass is 9.91. The van der Waals surface area contributed by atoms with E-state index in [2.05, 4.69) is 50.9 Å². The number of rotatable bonds is 3. The summed E-state index contributed by atoms with van der Waals surface area (Å²) >= 11 is 0. The van der Waals surface area contributed by atoms with Crippen LogP contribution in [0, 0.1) is 0 Å². The van der Waals surface area contributed by atoms with E-state index in [-0.39, 0.29) is 6.03 Å². The minimum atomic E-state index is -0.403. The Morgan fingerprint density at radius 1 is 1.36 bits per heavy atom. The molecular formula is C19H28N2O. The van der Waals surface area contributed by atoms with Gasteiger partial charge in [0.05, 0.1) is 5.54 Å². The lowest BCUT2D eigenvalue weighted by molar-refractivity contribution is 0.149. The van der Waals surface area contributed by atoms with Crippen molar-refractivity contribution in [3.05, 3.63) is 42.0 Å². The van der Waals surface area contributed by atoms with Gasteiger partial charge in [0.1, 0.15) is 0 Å². The molecule has 0 radical (unpaired) electrons. The summed E-state index contributed by atoms with van der Waals surface area (Å²) in [4.78, 5) is 14.6. The molecule has 22 heavy (non-hydrogen) atoms. The van der Waals surface area contributed by atoms with E-state index < -0.39 is 5.54 Å². The highest BCUT2D eigenvalue weighted by atomic mass is 16.2. The third kappa shape index (κ3) is 3.70. The van der Waals surface area contributed by atoms with Crippen LogP contribution in [0.5, 0.6) is 0 Å². The van der Waals surface area contributed by atoms with Crippen molar-refractivity contribution < 1.29 is 4.79 Å². The zero-order valence-corrected chi connectivity index (χ0v) is 14.3. The molecule has 1 aromatic carbocycles. The van der Waals surface area contributed by atoms with Gasteiger partial charge in [-0.1, -0.05) is 30.4 Å². The largest absolute Gasteiger partial charge is 0.329 e. The molecule has 1 aliphatic heterocycles. The standard InChI is InChI=1S/C19H28N2O/c1-14(2)16-10-8-11-17(13-16)19(4,5)20-18(22)21-12-7-6-9-15(21)3/h8,10-11,13,15H,1,6-7,9,12H2,2-5H3,(H,20,22)/t15-/m0/s1. The number of likely N-dealkylation sites (tertiary alicyclic amines) is 1. The molecule has 1 atom stereocenters. The fraction of sp³-hybridized carbons (Fsp3) is 0.526. The molecule has 2 amide bonds. The van der Waals surface area contributed by atoms with E-state index in [9.17, 15) is 4.79 Å². The van der Waals surface area contributed by atoms with Crippen LogP contribution in [0.4, 0.5) is 4.79 Å². The monoisotopic (exact) mass is 300 g/mol. The molecule has 0 unspecified atom stereocenters. The van der Waals surface area contributed by atoms with E-state index in [1.807, 2.05) is 17.9 Å². The van der Waals surface area contributed by atoms with E-state index in [1.54, 1.807) is 0 Å². The van der Waals surface area contributed by atoms with Crippen LogP contribution < -0.4 is 5.32 Å². The number of nitrogens with zero attached hydrogens (tertiary/aromatic N) is 1. The highest BCUT2D eigenvalue weighted by molar-refractivity contribution is 5.76. The van der Waals surface area contributed by atoms with E-state index in [0.29, 0.717) is 6.04 Å². The second-order valence-corrected chi connectivity index (χ2v) is 6.95. The maximum absolute atomic E-state index is 12.6. The second-order valence-electron chi connectivity index (χ2n) is 6.95. The number of carbonyl (C=O) groups excluding carboxylic acids is 1. The van der Waals surface area contributed by atoms with Gasteiger partial charge in [-0.3, -0.25) is 0 Å². The Hall–Kier alpha value is -1.77. The van der Waals surface area contributed by atoms with Gasteiger partial charge >= 0.3 is 6.03 Å². The Bertz CT molecular complexity index is 562. The van der Waals surface area contributed by atoms with E-state index in [1.165, 1.54) is 6.42 Å². The molecule has 2 rings (SSSR count). The molecule has 3 nitrogen and oxygen atoms in total. The maximum atomic E-state index is 12.6. The molecule has 0 spiro atoms. The summed E-state index contributed by atoms with van der Waals surface area (Å²) in [6.07, 6.45) is 3.41. The van der Waals surface area contributed by atoms with E-state index in [0.717, 1.165) is 36.1 Å². The topological polar surface area (TPSA) is 32.3 Å². The fourth-order valence-electron chi connectivity index (χ4n) is 2.98. The Labute approximate surface area is 134 Å². The summed E-state index contributed by atoms with van der Waals surface area (Å²) < 4.78 is 0. The number of piperidine rings is 1. The van der Waals surface area contributed by atoms with Crippen molar-refractivity contribution in [3.8, 4) is 0 Å². The number of allylic oxidation sites excluding steroid dienone is 1. The Morgan fingerprint density at radius 3 is 2.73 bits per heavy atom. The third-order valence-corrected chi connectivity index (χ3v) is 4.56. The van der Waals surface area contributed by atoms with Crippen molar-refractivity contribution in [3.63, 3.8) is 0 Å². The molecule has 1 heterocycles. The van der Waals surface area contributed by atoms with Crippen molar-refractivity contribution in [1.82, 2.24) is 10.2 Å². The smallest absolute Gasteiger partial charge is 0.318 e. The van der Waals surface area contributed by atoms with Gasteiger partial charge in [0, 0.05) is 12.6 Å². The van der Waals surface area contributed by atoms with Crippen LogP contribution >= 0.6 is 0 Å². The minimum Gasteiger partial charge on any atom is -0.329 e. The predicted octanol–water partition coefficient (Wildman–Crippen LogP) is 4.54. The maximum Gasteiger partial charge on any atom is 0.318 e. The lowest BCUT2D eigenvalue weighted by Gasteiger charge is -2.37. The lowest BCUT2D eigenvalue weighted by Crippen LogP contribution is -2.52. The van der Waals surface area contributed by atoms with Crippen LogP contribution in [0.25, 0.3) is 5.57 Å². The van der Waals surface area contributed by atoms with Gasteiger partial charge in [-0.05, 0) is 64.2 Å². The van der Waals surface area contributed by atoms with Gasteiger partial charge in [-0.25, -0.2) is 4.79 Å². The number of hydrogen-bond acceptors (Lipinski definition) is 1. The summed E-state index contributed by atoms with van der Waals surface area (Å²) in [5, 5.41) is 3.20. The first-order valence-electron chi connectivity index (χ1n) is 8.16. The molecule has 1 aromatic rings. The first-order chi connectivity index (χ1) is 10.3. The minimum absolute atomic E-state index is 0.0397. The van der Waals surface area contributed by atoms with Gasteiger partial charge in [0.2, 0.25) is 0 Å². The van der Waals surface area contributed by atoms with Gasteiger partial charge in [0.25, 0.3) is 0 Å². The highest BCUT2D eigenvalue weighted by Crippen LogP contribution is 2.25. The number of nitrogens with one attached hydrogen (secondary N) is 1. The molecule has 1 aliphatic rings. The summed E-state index contributed by atoms with van der Waals surface area (Å²) in [6.45, 7) is 13.1. The van der Waals surface area contributed by atoms with E-state index in [4.69, 9.17) is 0 Å². The van der Waals surface area contributed by atoms with Crippen molar-refractivity contribution in [1.29, 1.82) is 0 Å². The van der Waals surface area contributed by atoms with Crippen LogP contribution in [0.2, 0.25) is 0 Å². The number of amides is 2. The first kappa shape index (κ1) is 16.6. The molecule has 0 aliphatic carbocycles. The number of benzene rings is 1. The molecule has 0 saturated carbocycles. The van der Waals surface area contributed by atoms with Crippen molar-refractivity contribution in [2.45, 2.75) is 58.5 Å². The van der Waals surface area contributed by atoms with Gasteiger partial charge < -0.3 is 10.2 Å². The van der Waals surface area contributed by atoms with Crippen molar-refractivity contribution in [2.24, 2.45) is 0 Å². The normalized spacial score (nSPS) is 18.9. The zero-order valence-electron chi connectivity index (χ0n) is 14.3. The van der Waals surface area contributed by atoms with Crippen LogP contribution in [-0.4, -0.2) is 23.5 Å². The van der Waals surface area contributed by atoms with Crippen LogP contribution in [0.15, 0.2) is 30.8 Å². The third-order valence-electron chi connectivity index (χ3n) is 4.56. The SMILES string of the molecule is C=C(C)c1cccc(C(C)(C)NC(=O)N2CCCC[C@@H]2C)c1. The average Bonchev–Trinajstić information content (AvgIpc) is 2.47. The summed E-state index contributed by atoms with van der Waals surface area (Å²) in [5.74, 6) is 0. The Balaban J connectivity index is 2.14. The average molecular weight is 300 g/mol. The molecule has 1 saturated heterocycles. The van der Waals surface area contributed by atoms with Crippen LogP contribution in [-0.2, 0) is 5.54 Å². The van der Waals surface area contributed by atoms with Gasteiger partial charge in [0.15, 0.2) is 0 Å². The molecule has 3 heteroatoms. The number of urea groups is 1. The fourth-order valence-corrected chi connectivity index (χ4v) is 2.98. The second kappa shape index (κ2) is 6.55. The van der Waals surface area contributed by atoms with Crippen LogP contribution in [0.1, 0.15) is 58.1 Å². The van der Waals surface area contributed by atoms with Crippen molar-refractivity contribution >= 4 is 11.6 Å². The Kier molecular flexibility index (Phi) is 4.94. The van der Waals surface area contributed by atoms with Crippen LogP contribution in [0.3, 0.4) is 0 Å². The zero-order chi connectivity index (χ0) is 16.3. The number of carbonyl (C=O) groups is 1. The van der Waals surface area contributed by atoms with Gasteiger partial charge in [-0.2, -0.15) is 0 Å². The molecule has 0 aromatic heterocycles. The predicted molar refractivity (Wildman–Crippen MR) is 92.7 cm³/mol. The quantitative estimate of drug-likeness (QED) is 0.873. The summed E-state index contributed by atoms with van der Waals surface area (Å²) in [5.41, 5.74) is 2.85. The number of hydrogen-bond donors (Lipinski definition) is 1. The summed E-state index contributed by atoms with van der Waals surface area (Å²) in [6, 6.07) is 8.62. The molecular weight excluding hydrogens is 272 g/mol. The summed E-state index contributed by atoms with van der Waals surface area (Å²) in [7, 11) is 0. The molecule has 1 fully saturated rings. The van der Waals surface area contributed by atoms with E-state index >= 15 is 0 Å². The Morgan fingerprint density at radius 2 is 2.09 bits per heavy atom. The molecule has 1 N–H and O–H groups in total. The first-order valence-corrected chi connectivity index (χ1v) is 8.16. The highest BCUT2D eigenvalue weighted by Gasteiger charge is 2.29. The molecule has 0 bridgehead atoms. The molecule has 120 valence electrons. The van der Waals surface area contributed by atoms with Crippen molar-refractivity contribution in [2.75, 3.05) is 6.54 Å². The van der Waals surface area contributed by atoms with Gasteiger partial charge in [-0.15, -0.1) is 0 Å².